The van der Waals surface area contributed by atoms with Crippen molar-refractivity contribution in [3.05, 3.63) is 76.2 Å². The number of para-hydroxylation sites is 1. The second kappa shape index (κ2) is 7.88. The van der Waals surface area contributed by atoms with Gasteiger partial charge in [-0.2, -0.15) is 5.10 Å². The number of nitrogens with zero attached hydrogens (tertiary/aromatic N) is 3. The van der Waals surface area contributed by atoms with Gasteiger partial charge in [0, 0.05) is 7.05 Å². The predicted octanol–water partition coefficient (Wildman–Crippen LogP) is 2.51. The molecule has 1 aromatic heterocycles. The Bertz CT molecular complexity index is 1040. The number of aromatic nitrogens is 2. The first kappa shape index (κ1) is 18.4. The maximum Gasteiger partial charge on any atom is 0.295 e. The molecule has 0 aliphatic carbocycles. The third-order valence-corrected chi connectivity index (χ3v) is 4.26. The lowest BCUT2D eigenvalue weighted by Gasteiger charge is -2.07. The normalized spacial score (nSPS) is 10.9. The van der Waals surface area contributed by atoms with E-state index in [-0.39, 0.29) is 16.4 Å². The monoisotopic (exact) mass is 381 g/mol. The van der Waals surface area contributed by atoms with Gasteiger partial charge in [-0.05, 0) is 61.1 Å². The molecule has 3 aromatic rings. The number of hydrogen-bond acceptors (Lipinski definition) is 4. The van der Waals surface area contributed by atoms with Gasteiger partial charge in [0.2, 0.25) is 0 Å². The van der Waals surface area contributed by atoms with E-state index in [1.165, 1.54) is 0 Å². The average Bonchev–Trinajstić information content (AvgIpc) is 2.87. The van der Waals surface area contributed by atoms with Gasteiger partial charge in [0.25, 0.3) is 5.56 Å². The lowest BCUT2D eigenvalue weighted by Crippen LogP contribution is -2.28. The summed E-state index contributed by atoms with van der Waals surface area (Å²) in [5.41, 5.74) is 5.19. The average molecular weight is 381 g/mol. The quantitative estimate of drug-likeness (QED) is 0.367. The Balaban J connectivity index is 1.75. The molecule has 0 saturated heterocycles. The van der Waals surface area contributed by atoms with E-state index in [4.69, 9.17) is 12.2 Å². The summed E-state index contributed by atoms with van der Waals surface area (Å²) < 4.78 is 3.34. The van der Waals surface area contributed by atoms with E-state index in [1.807, 2.05) is 44.3 Å². The van der Waals surface area contributed by atoms with Gasteiger partial charge in [-0.25, -0.2) is 4.68 Å². The molecule has 0 bridgehead atoms. The number of thiocarbonyl (C=S) groups is 1. The zero-order chi connectivity index (χ0) is 19.4. The summed E-state index contributed by atoms with van der Waals surface area (Å²) in [7, 11) is 1.81. The Morgan fingerprint density at radius 2 is 1.81 bits per heavy atom. The molecular formula is C19H19N5O2S. The topological polar surface area (TPSA) is 83.6 Å². The molecule has 0 amide bonds. The molecule has 0 aliphatic rings. The molecule has 27 heavy (non-hydrogen) atoms. The Kier molecular flexibility index (Phi) is 5.37. The van der Waals surface area contributed by atoms with Gasteiger partial charge in [-0.15, -0.1) is 0 Å². The van der Waals surface area contributed by atoms with Gasteiger partial charge in [0.15, 0.2) is 5.11 Å². The van der Waals surface area contributed by atoms with E-state index >= 15 is 0 Å². The maximum atomic E-state index is 12.8. The molecule has 3 N–H and O–H groups in total. The van der Waals surface area contributed by atoms with E-state index in [0.717, 1.165) is 16.9 Å². The first-order valence-corrected chi connectivity index (χ1v) is 8.61. The highest BCUT2D eigenvalue weighted by Gasteiger charge is 2.16. The minimum Gasteiger partial charge on any atom is -0.508 e. The van der Waals surface area contributed by atoms with Crippen LogP contribution in [0.15, 0.2) is 64.5 Å². The van der Waals surface area contributed by atoms with Crippen molar-refractivity contribution in [1.82, 2.24) is 14.8 Å². The van der Waals surface area contributed by atoms with Crippen molar-refractivity contribution in [3.8, 4) is 11.4 Å². The molecule has 1 heterocycles. The van der Waals surface area contributed by atoms with Crippen molar-refractivity contribution < 1.29 is 5.11 Å². The number of aromatic hydroxyl groups is 1. The summed E-state index contributed by atoms with van der Waals surface area (Å²) in [6.45, 7) is 1.84. The summed E-state index contributed by atoms with van der Waals surface area (Å²) in [6, 6.07) is 16.0. The second-order valence-electron chi connectivity index (χ2n) is 5.85. The number of phenols is 1. The number of nitrogens with one attached hydrogen (secondary N) is 2. The number of phenolic OH excluding ortho intramolecular Hbond substituents is 1. The van der Waals surface area contributed by atoms with E-state index in [9.17, 15) is 9.90 Å². The van der Waals surface area contributed by atoms with E-state index in [0.29, 0.717) is 5.69 Å². The summed E-state index contributed by atoms with van der Waals surface area (Å²) >= 11 is 5.23. The highest BCUT2D eigenvalue weighted by Crippen LogP contribution is 2.13. The van der Waals surface area contributed by atoms with Crippen LogP contribution < -0.4 is 16.3 Å². The van der Waals surface area contributed by atoms with Crippen LogP contribution in [0, 0.1) is 6.92 Å². The van der Waals surface area contributed by atoms with Gasteiger partial charge in [-0.3, -0.25) is 14.9 Å². The second-order valence-corrected chi connectivity index (χ2v) is 6.26. The van der Waals surface area contributed by atoms with Gasteiger partial charge in [-0.1, -0.05) is 18.2 Å². The largest absolute Gasteiger partial charge is 0.508 e. The molecule has 0 radical (unpaired) electrons. The number of rotatable bonds is 4. The van der Waals surface area contributed by atoms with Crippen LogP contribution in [0.25, 0.3) is 5.69 Å². The van der Waals surface area contributed by atoms with Crippen LogP contribution in [0.3, 0.4) is 0 Å². The van der Waals surface area contributed by atoms with Crippen molar-refractivity contribution in [3.63, 3.8) is 0 Å². The zero-order valence-corrected chi connectivity index (χ0v) is 15.7. The molecule has 0 saturated carbocycles. The predicted molar refractivity (Wildman–Crippen MR) is 111 cm³/mol. The Hall–Kier alpha value is -3.39. The third kappa shape index (κ3) is 4.06. The lowest BCUT2D eigenvalue weighted by molar-refractivity contribution is 0.475. The van der Waals surface area contributed by atoms with Crippen LogP contribution >= 0.6 is 12.2 Å². The highest BCUT2D eigenvalue weighted by molar-refractivity contribution is 7.80. The van der Waals surface area contributed by atoms with E-state index in [1.54, 1.807) is 39.8 Å². The first-order chi connectivity index (χ1) is 13.0. The number of benzene rings is 2. The standard InChI is InChI=1S/C19H19N5O2S/c1-13-17(18(26)24(23(13)2)15-6-4-3-5-7-15)21-19(27)22-20-12-14-8-10-16(25)11-9-14/h3-12,25H,1-2H3,(H2,21,22,27)/b20-12-. The molecule has 2 aromatic carbocycles. The van der Waals surface area contributed by atoms with Crippen LogP contribution in [-0.2, 0) is 7.05 Å². The van der Waals surface area contributed by atoms with Gasteiger partial charge < -0.3 is 10.4 Å². The molecule has 138 valence electrons. The molecule has 0 spiro atoms. The fourth-order valence-electron chi connectivity index (χ4n) is 2.58. The molecule has 8 heteroatoms. The van der Waals surface area contributed by atoms with E-state index in [2.05, 4.69) is 15.8 Å². The highest BCUT2D eigenvalue weighted by atomic mass is 32.1. The third-order valence-electron chi connectivity index (χ3n) is 4.07. The Morgan fingerprint density at radius 1 is 1.15 bits per heavy atom. The molecule has 0 atom stereocenters. The van der Waals surface area contributed by atoms with Crippen molar-refractivity contribution in [2.24, 2.45) is 12.1 Å². The fourth-order valence-corrected chi connectivity index (χ4v) is 2.73. The lowest BCUT2D eigenvalue weighted by atomic mass is 10.2. The van der Waals surface area contributed by atoms with Crippen LogP contribution in [-0.4, -0.2) is 25.8 Å². The SMILES string of the molecule is Cc1c(NC(=S)N/N=C\c2ccc(O)cc2)c(=O)n(-c2ccccc2)n1C. The first-order valence-electron chi connectivity index (χ1n) is 8.20. The van der Waals surface area contributed by atoms with E-state index < -0.39 is 0 Å². The summed E-state index contributed by atoms with van der Waals surface area (Å²) in [4.78, 5) is 12.8. The maximum absolute atomic E-state index is 12.8. The van der Waals surface area contributed by atoms with Gasteiger partial charge in [0.05, 0.1) is 17.6 Å². The molecule has 0 fully saturated rings. The molecule has 0 unspecified atom stereocenters. The molecule has 7 nitrogen and oxygen atoms in total. The van der Waals surface area contributed by atoms with Crippen LogP contribution in [0.1, 0.15) is 11.3 Å². The molecule has 0 aliphatic heterocycles. The summed E-state index contributed by atoms with van der Waals surface area (Å²) in [5.74, 6) is 0.187. The van der Waals surface area contributed by atoms with Crippen LogP contribution in [0.5, 0.6) is 5.75 Å². The minimum atomic E-state index is -0.201. The zero-order valence-electron chi connectivity index (χ0n) is 14.9. The number of hydrogen-bond donors (Lipinski definition) is 3. The summed E-state index contributed by atoms with van der Waals surface area (Å²) in [5, 5.41) is 16.4. The Labute approximate surface area is 161 Å². The summed E-state index contributed by atoms with van der Waals surface area (Å²) in [6.07, 6.45) is 1.56. The number of anilines is 1. The number of hydrazone groups is 1. The van der Waals surface area contributed by atoms with Gasteiger partial charge in [0.1, 0.15) is 11.4 Å². The molecule has 3 rings (SSSR count). The fraction of sp³-hybridized carbons (Fsp3) is 0.105. The van der Waals surface area contributed by atoms with Crippen molar-refractivity contribution in [2.45, 2.75) is 6.92 Å². The van der Waals surface area contributed by atoms with Gasteiger partial charge >= 0.3 is 0 Å². The van der Waals surface area contributed by atoms with Crippen molar-refractivity contribution >= 4 is 29.2 Å². The molecular weight excluding hydrogens is 362 g/mol. The minimum absolute atomic E-state index is 0.187. The van der Waals surface area contributed by atoms with Crippen LogP contribution in [0.2, 0.25) is 0 Å². The van der Waals surface area contributed by atoms with Crippen LogP contribution in [0.4, 0.5) is 5.69 Å². The van der Waals surface area contributed by atoms with Crippen molar-refractivity contribution in [2.75, 3.05) is 5.32 Å². The Morgan fingerprint density at radius 3 is 2.48 bits per heavy atom. The van der Waals surface area contributed by atoms with Crippen molar-refractivity contribution in [1.29, 1.82) is 0 Å². The smallest absolute Gasteiger partial charge is 0.295 e.